The Morgan fingerprint density at radius 2 is 2.06 bits per heavy atom. The van der Waals surface area contributed by atoms with Crippen LogP contribution in [-0.4, -0.2) is 60.7 Å². The van der Waals surface area contributed by atoms with Gasteiger partial charge in [0, 0.05) is 25.2 Å². The lowest BCUT2D eigenvalue weighted by Gasteiger charge is -2.23. The Kier molecular flexibility index (Phi) is 8.29. The molecule has 12 heteroatoms. The summed E-state index contributed by atoms with van der Waals surface area (Å²) in [7, 11) is -3.70. The maximum atomic E-state index is 14.2. The van der Waals surface area contributed by atoms with E-state index in [1.54, 1.807) is 23.6 Å². The zero-order chi connectivity index (χ0) is 24.5. The van der Waals surface area contributed by atoms with Gasteiger partial charge in [0.15, 0.2) is 5.44 Å². The number of imidazole rings is 1. The van der Waals surface area contributed by atoms with Gasteiger partial charge in [-0.15, -0.1) is 12.4 Å². The summed E-state index contributed by atoms with van der Waals surface area (Å²) in [6, 6.07) is 9.07. The molecular formula is C23H26ClFN4O5S. The van der Waals surface area contributed by atoms with E-state index in [4.69, 9.17) is 10.5 Å². The van der Waals surface area contributed by atoms with Crippen LogP contribution in [0.3, 0.4) is 0 Å². The molecule has 2 heterocycles. The highest BCUT2D eigenvalue weighted by molar-refractivity contribution is 7.92. The van der Waals surface area contributed by atoms with E-state index in [2.05, 4.69) is 10.3 Å². The Hall–Kier alpha value is -2.83. The first-order valence-corrected chi connectivity index (χ1v) is 12.2. The molecule has 0 spiro atoms. The number of hydrogen-bond acceptors (Lipinski definition) is 7. The summed E-state index contributed by atoms with van der Waals surface area (Å²) >= 11 is 0. The summed E-state index contributed by atoms with van der Waals surface area (Å²) in [6.45, 7) is 2.73. The van der Waals surface area contributed by atoms with E-state index < -0.39 is 27.1 Å². The summed E-state index contributed by atoms with van der Waals surface area (Å²) in [5, 5.41) is 12.6. The molecule has 4 N–H and O–H groups in total. The van der Waals surface area contributed by atoms with Gasteiger partial charge in [-0.2, -0.15) is 0 Å². The van der Waals surface area contributed by atoms with E-state index in [9.17, 15) is 22.7 Å². The lowest BCUT2D eigenvalue weighted by Crippen LogP contribution is -2.42. The van der Waals surface area contributed by atoms with Crippen LogP contribution in [-0.2, 0) is 21.1 Å². The molecule has 188 valence electrons. The van der Waals surface area contributed by atoms with Crippen LogP contribution in [0.15, 0.2) is 53.2 Å². The number of halogens is 2. The Morgan fingerprint density at radius 1 is 1.34 bits per heavy atom. The number of aromatic nitrogens is 2. The molecule has 35 heavy (non-hydrogen) atoms. The van der Waals surface area contributed by atoms with Crippen LogP contribution < -0.4 is 11.1 Å². The summed E-state index contributed by atoms with van der Waals surface area (Å²) < 4.78 is 47.0. The number of rotatable bonds is 7. The number of carboxylic acids is 1. The van der Waals surface area contributed by atoms with Crippen LogP contribution >= 0.6 is 12.4 Å². The van der Waals surface area contributed by atoms with E-state index >= 15 is 0 Å². The third-order valence-electron chi connectivity index (χ3n) is 5.67. The normalized spacial score (nSPS) is 16.8. The molecule has 0 amide bonds. The fourth-order valence-corrected chi connectivity index (χ4v) is 5.37. The third-order valence-corrected chi connectivity index (χ3v) is 7.60. The molecular weight excluding hydrogens is 499 g/mol. The summed E-state index contributed by atoms with van der Waals surface area (Å²) in [6.07, 6.45) is 1.25. The molecule has 2 aromatic carbocycles. The van der Waals surface area contributed by atoms with Crippen molar-refractivity contribution in [2.75, 3.05) is 26.2 Å². The van der Waals surface area contributed by atoms with Gasteiger partial charge in [0.25, 0.3) is 0 Å². The number of carboxylic acid groups (broad SMARTS) is 1. The number of ether oxygens (including phenoxy) is 1. The van der Waals surface area contributed by atoms with Gasteiger partial charge in [-0.3, -0.25) is 0 Å². The molecule has 3 aromatic rings. The molecule has 1 atom stereocenters. The van der Waals surface area contributed by atoms with Crippen LogP contribution in [0, 0.1) is 6.92 Å². The van der Waals surface area contributed by atoms with Crippen LogP contribution in [0.1, 0.15) is 16.2 Å². The lowest BCUT2D eigenvalue weighted by atomic mass is 10.0. The summed E-state index contributed by atoms with van der Waals surface area (Å²) in [4.78, 5) is 16.4. The second kappa shape index (κ2) is 10.8. The number of carbonyl (C=O) groups is 1. The number of nitrogens with two attached hydrogens (primary N) is 1. The molecule has 1 aromatic heterocycles. The highest BCUT2D eigenvalue weighted by atomic mass is 35.5. The number of morpholine rings is 1. The standard InChI is InChI=1S/C23H25FN4O5S.ClH/c1-14-27-22-19(10-16(23(29)30)11-20(22)28(14)13-17(24)6-7-25)15-2-4-18(5-3-15)34(31,32)21-12-26-8-9-33-21;/h2-6,10-11,21,26H,7-9,12-13,25H2,1H3,(H,29,30);1H/b17-6-;. The second-order valence-corrected chi connectivity index (χ2v) is 9.99. The van der Waals surface area contributed by atoms with Gasteiger partial charge in [-0.05, 0) is 42.8 Å². The number of aryl methyl sites for hydroxylation is 1. The average Bonchev–Trinajstić information content (AvgIpc) is 3.14. The molecule has 9 nitrogen and oxygen atoms in total. The van der Waals surface area contributed by atoms with Crippen molar-refractivity contribution >= 4 is 39.2 Å². The quantitative estimate of drug-likeness (QED) is 0.429. The largest absolute Gasteiger partial charge is 0.478 e. The number of allylic oxidation sites excluding steroid dienone is 1. The summed E-state index contributed by atoms with van der Waals surface area (Å²) in [5.41, 5.74) is 6.44. The molecule has 1 unspecified atom stereocenters. The van der Waals surface area contributed by atoms with Gasteiger partial charge in [-0.25, -0.2) is 22.6 Å². The van der Waals surface area contributed by atoms with Crippen molar-refractivity contribution in [1.29, 1.82) is 0 Å². The Bertz CT molecular complexity index is 1370. The number of benzene rings is 2. The first kappa shape index (κ1) is 26.8. The van der Waals surface area contributed by atoms with Gasteiger partial charge in [0.1, 0.15) is 11.7 Å². The minimum absolute atomic E-state index is 0. The number of fused-ring (bicyclic) bond motifs is 1. The number of nitrogens with zero attached hydrogens (tertiary/aromatic N) is 2. The lowest BCUT2D eigenvalue weighted by molar-refractivity contribution is 0.0697. The molecule has 0 bridgehead atoms. The second-order valence-electron chi connectivity index (χ2n) is 7.90. The van der Waals surface area contributed by atoms with Crippen LogP contribution in [0.5, 0.6) is 0 Å². The SMILES string of the molecule is Cc1nc2c(-c3ccc(S(=O)(=O)C4CNCCO4)cc3)cc(C(=O)O)cc2n1C/C(F)=C/CN.Cl. The van der Waals surface area contributed by atoms with Crippen molar-refractivity contribution in [2.45, 2.75) is 23.8 Å². The molecule has 0 radical (unpaired) electrons. The van der Waals surface area contributed by atoms with Gasteiger partial charge in [-0.1, -0.05) is 12.1 Å². The van der Waals surface area contributed by atoms with E-state index in [0.717, 1.165) is 0 Å². The zero-order valence-corrected chi connectivity index (χ0v) is 20.5. The predicted molar refractivity (Wildman–Crippen MR) is 132 cm³/mol. The van der Waals surface area contributed by atoms with Crippen LogP contribution in [0.2, 0.25) is 0 Å². The first-order valence-electron chi connectivity index (χ1n) is 10.7. The molecule has 1 saturated heterocycles. The van der Waals surface area contributed by atoms with Gasteiger partial charge >= 0.3 is 5.97 Å². The predicted octanol–water partition coefficient (Wildman–Crippen LogP) is 2.66. The van der Waals surface area contributed by atoms with E-state index in [-0.39, 0.29) is 42.5 Å². The molecule has 1 aliphatic rings. The molecule has 1 aliphatic heterocycles. The fraction of sp³-hybridized carbons (Fsp3) is 0.304. The fourth-order valence-electron chi connectivity index (χ4n) is 3.94. The van der Waals surface area contributed by atoms with Gasteiger partial charge in [0.2, 0.25) is 9.84 Å². The van der Waals surface area contributed by atoms with Crippen LogP contribution in [0.4, 0.5) is 4.39 Å². The van der Waals surface area contributed by atoms with Gasteiger partial charge < -0.3 is 25.5 Å². The maximum Gasteiger partial charge on any atom is 0.335 e. The van der Waals surface area contributed by atoms with Gasteiger partial charge in [0.05, 0.1) is 34.6 Å². The highest BCUT2D eigenvalue weighted by Crippen LogP contribution is 2.32. The first-order chi connectivity index (χ1) is 16.2. The monoisotopic (exact) mass is 524 g/mol. The smallest absolute Gasteiger partial charge is 0.335 e. The van der Waals surface area contributed by atoms with Crippen molar-refractivity contribution in [1.82, 2.24) is 14.9 Å². The van der Waals surface area contributed by atoms with Crippen molar-refractivity contribution in [3.63, 3.8) is 0 Å². The Labute approximate surface area is 208 Å². The number of aromatic carboxylic acids is 1. The average molecular weight is 525 g/mol. The molecule has 0 saturated carbocycles. The maximum absolute atomic E-state index is 14.2. The summed E-state index contributed by atoms with van der Waals surface area (Å²) in [5.74, 6) is -1.10. The zero-order valence-electron chi connectivity index (χ0n) is 18.9. The minimum Gasteiger partial charge on any atom is -0.478 e. The molecule has 1 fully saturated rings. The van der Waals surface area contributed by atoms with Crippen LogP contribution in [0.25, 0.3) is 22.2 Å². The van der Waals surface area contributed by atoms with E-state index in [1.165, 1.54) is 30.3 Å². The molecule has 4 rings (SSSR count). The van der Waals surface area contributed by atoms with E-state index in [1.807, 2.05) is 0 Å². The molecule has 0 aliphatic carbocycles. The minimum atomic E-state index is -3.70. The van der Waals surface area contributed by atoms with Crippen molar-refractivity contribution in [2.24, 2.45) is 5.73 Å². The van der Waals surface area contributed by atoms with Crippen molar-refractivity contribution in [3.05, 3.63) is 59.7 Å². The number of hydrogen-bond donors (Lipinski definition) is 3. The highest BCUT2D eigenvalue weighted by Gasteiger charge is 2.30. The Morgan fingerprint density at radius 3 is 2.66 bits per heavy atom. The third kappa shape index (κ3) is 5.39. The van der Waals surface area contributed by atoms with Crippen molar-refractivity contribution < 1.29 is 27.4 Å². The topological polar surface area (TPSA) is 137 Å². The number of nitrogens with one attached hydrogen (secondary N) is 1. The van der Waals surface area contributed by atoms with E-state index in [0.29, 0.717) is 41.1 Å². The number of sulfone groups is 1. The van der Waals surface area contributed by atoms with Crippen molar-refractivity contribution in [3.8, 4) is 11.1 Å². The Balaban J connectivity index is 0.00000342.